The summed E-state index contributed by atoms with van der Waals surface area (Å²) in [6.07, 6.45) is 3.62. The molecule has 1 amide bonds. The molecule has 3 rings (SSSR count). The fourth-order valence-corrected chi connectivity index (χ4v) is 5.40. The Kier molecular flexibility index (Phi) is 4.60. The van der Waals surface area contributed by atoms with Gasteiger partial charge in [-0.05, 0) is 25.5 Å². The first-order chi connectivity index (χ1) is 11.4. The van der Waals surface area contributed by atoms with E-state index < -0.39 is 9.84 Å². The third-order valence-electron chi connectivity index (χ3n) is 3.97. The van der Waals surface area contributed by atoms with E-state index >= 15 is 0 Å². The van der Waals surface area contributed by atoms with Crippen LogP contribution < -0.4 is 0 Å². The molecular formula is C16H18N2O4S2. The van der Waals surface area contributed by atoms with Crippen molar-refractivity contribution in [1.29, 1.82) is 0 Å². The SMILES string of the molecule is C=CCN(C(=O)c1nc(-c2ccco2)sc1C)C1CCS(=O)(=O)C1. The van der Waals surface area contributed by atoms with E-state index in [4.69, 9.17) is 4.42 Å². The van der Waals surface area contributed by atoms with Crippen LogP contribution in [0.15, 0.2) is 35.5 Å². The monoisotopic (exact) mass is 366 g/mol. The Balaban J connectivity index is 1.89. The van der Waals surface area contributed by atoms with Crippen molar-refractivity contribution < 1.29 is 17.6 Å². The van der Waals surface area contributed by atoms with Gasteiger partial charge in [0.25, 0.3) is 5.91 Å². The molecule has 0 saturated carbocycles. The summed E-state index contributed by atoms with van der Waals surface area (Å²) in [5.41, 5.74) is 0.345. The van der Waals surface area contributed by atoms with E-state index in [9.17, 15) is 13.2 Å². The van der Waals surface area contributed by atoms with Crippen LogP contribution in [0.4, 0.5) is 0 Å². The molecule has 0 aromatic carbocycles. The lowest BCUT2D eigenvalue weighted by molar-refractivity contribution is 0.0715. The van der Waals surface area contributed by atoms with Crippen LogP contribution in [-0.4, -0.2) is 48.3 Å². The molecule has 0 aliphatic carbocycles. The molecule has 0 bridgehead atoms. The maximum absolute atomic E-state index is 12.9. The number of aryl methyl sites for hydroxylation is 1. The average Bonchev–Trinajstić information content (AvgIpc) is 3.23. The van der Waals surface area contributed by atoms with Crippen molar-refractivity contribution in [3.05, 3.63) is 41.6 Å². The van der Waals surface area contributed by atoms with Crippen LogP contribution in [0, 0.1) is 6.92 Å². The van der Waals surface area contributed by atoms with E-state index in [1.54, 1.807) is 29.4 Å². The van der Waals surface area contributed by atoms with Crippen molar-refractivity contribution in [2.45, 2.75) is 19.4 Å². The van der Waals surface area contributed by atoms with Crippen LogP contribution in [0.3, 0.4) is 0 Å². The van der Waals surface area contributed by atoms with E-state index in [0.29, 0.717) is 29.4 Å². The van der Waals surface area contributed by atoms with Gasteiger partial charge in [-0.3, -0.25) is 4.79 Å². The van der Waals surface area contributed by atoms with Gasteiger partial charge < -0.3 is 9.32 Å². The van der Waals surface area contributed by atoms with Crippen LogP contribution in [0.2, 0.25) is 0 Å². The highest BCUT2D eigenvalue weighted by Gasteiger charge is 2.35. The topological polar surface area (TPSA) is 80.5 Å². The van der Waals surface area contributed by atoms with Crippen molar-refractivity contribution in [1.82, 2.24) is 9.88 Å². The zero-order valence-electron chi connectivity index (χ0n) is 13.3. The summed E-state index contributed by atoms with van der Waals surface area (Å²) in [6, 6.07) is 3.23. The van der Waals surface area contributed by atoms with Gasteiger partial charge in [0, 0.05) is 17.5 Å². The number of hydrogen-bond donors (Lipinski definition) is 0. The Bertz CT molecular complexity index is 853. The summed E-state index contributed by atoms with van der Waals surface area (Å²) in [6.45, 7) is 5.80. The van der Waals surface area contributed by atoms with Gasteiger partial charge in [-0.15, -0.1) is 17.9 Å². The molecule has 24 heavy (non-hydrogen) atoms. The molecule has 8 heteroatoms. The largest absolute Gasteiger partial charge is 0.462 e. The number of carbonyl (C=O) groups excluding carboxylic acids is 1. The lowest BCUT2D eigenvalue weighted by Crippen LogP contribution is -2.41. The Labute approximate surface area is 144 Å². The highest BCUT2D eigenvalue weighted by atomic mass is 32.2. The zero-order chi connectivity index (χ0) is 17.3. The maximum atomic E-state index is 12.9. The van der Waals surface area contributed by atoms with Gasteiger partial charge in [0.1, 0.15) is 5.69 Å². The first kappa shape index (κ1) is 16.9. The van der Waals surface area contributed by atoms with Gasteiger partial charge in [-0.2, -0.15) is 0 Å². The summed E-state index contributed by atoms with van der Waals surface area (Å²) in [4.78, 5) is 19.7. The minimum absolute atomic E-state index is 0.000799. The number of rotatable bonds is 5. The van der Waals surface area contributed by atoms with Gasteiger partial charge in [-0.25, -0.2) is 13.4 Å². The summed E-state index contributed by atoms with van der Waals surface area (Å²) in [5.74, 6) is 0.469. The lowest BCUT2D eigenvalue weighted by Gasteiger charge is -2.26. The highest BCUT2D eigenvalue weighted by molar-refractivity contribution is 7.91. The fourth-order valence-electron chi connectivity index (χ4n) is 2.79. The number of hydrogen-bond acceptors (Lipinski definition) is 6. The highest BCUT2D eigenvalue weighted by Crippen LogP contribution is 2.29. The summed E-state index contributed by atoms with van der Waals surface area (Å²) >= 11 is 1.38. The normalized spacial score (nSPS) is 19.3. The quantitative estimate of drug-likeness (QED) is 0.760. The van der Waals surface area contributed by atoms with Crippen LogP contribution in [-0.2, 0) is 9.84 Å². The van der Waals surface area contributed by atoms with Gasteiger partial charge in [0.05, 0.1) is 17.8 Å². The second-order valence-corrected chi connectivity index (χ2v) is 9.14. The molecule has 1 saturated heterocycles. The number of carbonyl (C=O) groups is 1. The third-order valence-corrected chi connectivity index (χ3v) is 6.70. The first-order valence-electron chi connectivity index (χ1n) is 7.55. The number of amides is 1. The maximum Gasteiger partial charge on any atom is 0.274 e. The number of furan rings is 1. The minimum Gasteiger partial charge on any atom is -0.462 e. The van der Waals surface area contributed by atoms with E-state index in [-0.39, 0.29) is 23.5 Å². The number of aromatic nitrogens is 1. The predicted octanol–water partition coefficient (Wildman–Crippen LogP) is 2.53. The van der Waals surface area contributed by atoms with Gasteiger partial charge in [0.2, 0.25) is 0 Å². The van der Waals surface area contributed by atoms with E-state index in [2.05, 4.69) is 11.6 Å². The molecule has 2 aromatic heterocycles. The molecule has 1 atom stereocenters. The first-order valence-corrected chi connectivity index (χ1v) is 10.2. The summed E-state index contributed by atoms with van der Waals surface area (Å²) in [5, 5.41) is 0.637. The molecule has 1 aliphatic rings. The Morgan fingerprint density at radius 2 is 2.38 bits per heavy atom. The Hall–Kier alpha value is -1.93. The van der Waals surface area contributed by atoms with Crippen molar-refractivity contribution >= 4 is 27.1 Å². The number of sulfone groups is 1. The predicted molar refractivity (Wildman–Crippen MR) is 92.8 cm³/mol. The van der Waals surface area contributed by atoms with Gasteiger partial charge in [-0.1, -0.05) is 6.08 Å². The molecular weight excluding hydrogens is 348 g/mol. The van der Waals surface area contributed by atoms with Crippen LogP contribution in [0.5, 0.6) is 0 Å². The van der Waals surface area contributed by atoms with Crippen LogP contribution >= 0.6 is 11.3 Å². The minimum atomic E-state index is -3.08. The summed E-state index contributed by atoms with van der Waals surface area (Å²) in [7, 11) is -3.08. The van der Waals surface area contributed by atoms with Crippen molar-refractivity contribution in [3.8, 4) is 10.8 Å². The lowest BCUT2D eigenvalue weighted by atomic mass is 10.2. The Morgan fingerprint density at radius 3 is 2.96 bits per heavy atom. The Morgan fingerprint density at radius 1 is 1.58 bits per heavy atom. The standard InChI is InChI=1S/C16H18N2O4S2/c1-3-7-18(12-6-9-24(20,21)10-12)16(19)14-11(2)23-15(17-14)13-5-4-8-22-13/h3-5,8,12H,1,6-7,9-10H2,2H3. The fraction of sp³-hybridized carbons (Fsp3) is 0.375. The van der Waals surface area contributed by atoms with Gasteiger partial charge >= 0.3 is 0 Å². The second kappa shape index (κ2) is 6.52. The number of thiazole rings is 1. The van der Waals surface area contributed by atoms with Crippen molar-refractivity contribution in [2.75, 3.05) is 18.1 Å². The molecule has 128 valence electrons. The van der Waals surface area contributed by atoms with Crippen molar-refractivity contribution in [2.24, 2.45) is 0 Å². The molecule has 2 aromatic rings. The molecule has 0 N–H and O–H groups in total. The van der Waals surface area contributed by atoms with Gasteiger partial charge in [0.15, 0.2) is 20.6 Å². The van der Waals surface area contributed by atoms with E-state index in [1.807, 2.05) is 6.92 Å². The van der Waals surface area contributed by atoms with Crippen molar-refractivity contribution in [3.63, 3.8) is 0 Å². The van der Waals surface area contributed by atoms with E-state index in [0.717, 1.165) is 4.88 Å². The molecule has 1 aliphatic heterocycles. The van der Waals surface area contributed by atoms with Crippen LogP contribution in [0.1, 0.15) is 21.8 Å². The van der Waals surface area contributed by atoms with E-state index in [1.165, 1.54) is 11.3 Å². The molecule has 1 unspecified atom stereocenters. The smallest absolute Gasteiger partial charge is 0.274 e. The molecule has 0 radical (unpaired) electrons. The zero-order valence-corrected chi connectivity index (χ0v) is 14.9. The molecule has 1 fully saturated rings. The van der Waals surface area contributed by atoms with Crippen LogP contribution in [0.25, 0.3) is 10.8 Å². The molecule has 3 heterocycles. The average molecular weight is 366 g/mol. The third kappa shape index (κ3) is 3.29. The molecule has 0 spiro atoms. The molecule has 6 nitrogen and oxygen atoms in total. The summed E-state index contributed by atoms with van der Waals surface area (Å²) < 4.78 is 28.8. The second-order valence-electron chi connectivity index (χ2n) is 5.70. The number of nitrogens with zero attached hydrogens (tertiary/aromatic N) is 2.